The van der Waals surface area contributed by atoms with Crippen molar-refractivity contribution in [2.24, 2.45) is 7.05 Å². The zero-order valence-electron chi connectivity index (χ0n) is 10.4. The lowest BCUT2D eigenvalue weighted by Crippen LogP contribution is -2.44. The summed E-state index contributed by atoms with van der Waals surface area (Å²) >= 11 is 0. The van der Waals surface area contributed by atoms with Crippen LogP contribution in [-0.2, 0) is 23.0 Å². The lowest BCUT2D eigenvalue weighted by Gasteiger charge is -2.21. The standard InChI is InChI=1S/C12H19N3O2/c1-12(5-3-9-17-12)11(16)14-6-4-10-13-7-8-15(10)2/h7-8H,3-6,9H2,1-2H3,(H,14,16)/t12-/m1/s1. The molecule has 0 unspecified atom stereocenters. The molecule has 0 spiro atoms. The Morgan fingerprint density at radius 1 is 1.71 bits per heavy atom. The van der Waals surface area contributed by atoms with E-state index in [1.54, 1.807) is 6.20 Å². The quantitative estimate of drug-likeness (QED) is 0.836. The van der Waals surface area contributed by atoms with Gasteiger partial charge in [-0.1, -0.05) is 0 Å². The Hall–Kier alpha value is -1.36. The van der Waals surface area contributed by atoms with Gasteiger partial charge in [0, 0.05) is 39.0 Å². The number of rotatable bonds is 4. The Labute approximate surface area is 101 Å². The molecule has 0 aromatic carbocycles. The predicted octanol–water partition coefficient (Wildman–Crippen LogP) is 0.648. The lowest BCUT2D eigenvalue weighted by molar-refractivity contribution is -0.139. The fourth-order valence-corrected chi connectivity index (χ4v) is 2.07. The topological polar surface area (TPSA) is 56.2 Å². The van der Waals surface area contributed by atoms with E-state index in [1.807, 2.05) is 24.7 Å². The van der Waals surface area contributed by atoms with Crippen molar-refractivity contribution in [2.75, 3.05) is 13.2 Å². The largest absolute Gasteiger partial charge is 0.365 e. The van der Waals surface area contributed by atoms with E-state index in [1.165, 1.54) is 0 Å². The van der Waals surface area contributed by atoms with Gasteiger partial charge in [0.25, 0.3) is 5.91 Å². The second kappa shape index (κ2) is 4.87. The second-order valence-corrected chi connectivity index (χ2v) is 4.64. The average molecular weight is 237 g/mol. The van der Waals surface area contributed by atoms with Gasteiger partial charge in [-0.25, -0.2) is 4.98 Å². The van der Waals surface area contributed by atoms with Gasteiger partial charge in [0.15, 0.2) is 0 Å². The number of hydrogen-bond donors (Lipinski definition) is 1. The van der Waals surface area contributed by atoms with Gasteiger partial charge in [-0.05, 0) is 19.8 Å². The highest BCUT2D eigenvalue weighted by molar-refractivity contribution is 5.84. The molecule has 1 saturated heterocycles. The van der Waals surface area contributed by atoms with Crippen LogP contribution in [0.1, 0.15) is 25.6 Å². The third-order valence-corrected chi connectivity index (χ3v) is 3.25. The number of carbonyl (C=O) groups is 1. The van der Waals surface area contributed by atoms with Gasteiger partial charge in [-0.15, -0.1) is 0 Å². The molecule has 0 saturated carbocycles. The molecule has 1 N–H and O–H groups in total. The molecule has 2 heterocycles. The summed E-state index contributed by atoms with van der Waals surface area (Å²) in [5.41, 5.74) is -0.623. The van der Waals surface area contributed by atoms with Crippen LogP contribution in [0.15, 0.2) is 12.4 Å². The number of hydrogen-bond acceptors (Lipinski definition) is 3. The van der Waals surface area contributed by atoms with Gasteiger partial charge in [-0.3, -0.25) is 4.79 Å². The molecule has 1 aliphatic heterocycles. The van der Waals surface area contributed by atoms with Crippen molar-refractivity contribution in [1.29, 1.82) is 0 Å². The molecule has 1 aromatic heterocycles. The molecule has 1 aromatic rings. The fourth-order valence-electron chi connectivity index (χ4n) is 2.07. The molecule has 5 nitrogen and oxygen atoms in total. The van der Waals surface area contributed by atoms with E-state index >= 15 is 0 Å². The maximum absolute atomic E-state index is 11.9. The highest BCUT2D eigenvalue weighted by Crippen LogP contribution is 2.24. The number of amides is 1. The minimum absolute atomic E-state index is 0.00999. The number of imidazole rings is 1. The van der Waals surface area contributed by atoms with Gasteiger partial charge in [0.1, 0.15) is 11.4 Å². The summed E-state index contributed by atoms with van der Waals surface area (Å²) in [7, 11) is 1.95. The van der Waals surface area contributed by atoms with Crippen molar-refractivity contribution in [3.05, 3.63) is 18.2 Å². The van der Waals surface area contributed by atoms with E-state index in [2.05, 4.69) is 10.3 Å². The highest BCUT2D eigenvalue weighted by Gasteiger charge is 2.37. The number of ether oxygens (including phenoxy) is 1. The van der Waals surface area contributed by atoms with Crippen LogP contribution in [0.4, 0.5) is 0 Å². The summed E-state index contributed by atoms with van der Waals surface area (Å²) < 4.78 is 7.44. The maximum atomic E-state index is 11.9. The summed E-state index contributed by atoms with van der Waals surface area (Å²) in [4.78, 5) is 16.1. The van der Waals surface area contributed by atoms with E-state index in [0.717, 1.165) is 25.1 Å². The van der Waals surface area contributed by atoms with Crippen molar-refractivity contribution in [3.8, 4) is 0 Å². The van der Waals surface area contributed by atoms with E-state index in [4.69, 9.17) is 4.74 Å². The molecule has 1 amide bonds. The first-order chi connectivity index (χ1) is 8.12. The number of nitrogens with zero attached hydrogens (tertiary/aromatic N) is 2. The molecular weight excluding hydrogens is 218 g/mol. The first kappa shape index (κ1) is 12.1. The first-order valence-electron chi connectivity index (χ1n) is 6.00. The zero-order chi connectivity index (χ0) is 12.3. The molecule has 94 valence electrons. The molecule has 5 heteroatoms. The summed E-state index contributed by atoms with van der Waals surface area (Å²) in [5, 5.41) is 2.91. The second-order valence-electron chi connectivity index (χ2n) is 4.64. The molecule has 1 atom stereocenters. The van der Waals surface area contributed by atoms with Gasteiger partial charge in [-0.2, -0.15) is 0 Å². The molecule has 0 aliphatic carbocycles. The van der Waals surface area contributed by atoms with Crippen LogP contribution in [-0.4, -0.2) is 34.2 Å². The van der Waals surface area contributed by atoms with Crippen molar-refractivity contribution in [1.82, 2.24) is 14.9 Å². The van der Waals surface area contributed by atoms with Gasteiger partial charge >= 0.3 is 0 Å². The van der Waals surface area contributed by atoms with Crippen LogP contribution < -0.4 is 5.32 Å². The van der Waals surface area contributed by atoms with E-state index in [-0.39, 0.29) is 5.91 Å². The third kappa shape index (κ3) is 2.66. The van der Waals surface area contributed by atoms with Gasteiger partial charge < -0.3 is 14.6 Å². The van der Waals surface area contributed by atoms with Crippen LogP contribution >= 0.6 is 0 Å². The van der Waals surface area contributed by atoms with Crippen LogP contribution in [0.5, 0.6) is 0 Å². The van der Waals surface area contributed by atoms with Gasteiger partial charge in [0.05, 0.1) is 0 Å². The molecule has 0 bridgehead atoms. The predicted molar refractivity (Wildman–Crippen MR) is 63.5 cm³/mol. The number of nitrogens with one attached hydrogen (secondary N) is 1. The van der Waals surface area contributed by atoms with E-state index < -0.39 is 5.60 Å². The molecular formula is C12H19N3O2. The summed E-state index contributed by atoms with van der Waals surface area (Å²) in [5.74, 6) is 0.965. The number of carbonyl (C=O) groups excluding carboxylic acids is 1. The van der Waals surface area contributed by atoms with Crippen molar-refractivity contribution in [3.63, 3.8) is 0 Å². The van der Waals surface area contributed by atoms with E-state index in [0.29, 0.717) is 13.2 Å². The number of aromatic nitrogens is 2. The first-order valence-corrected chi connectivity index (χ1v) is 6.00. The molecule has 1 fully saturated rings. The van der Waals surface area contributed by atoms with Crippen LogP contribution in [0, 0.1) is 0 Å². The summed E-state index contributed by atoms with van der Waals surface area (Å²) in [6, 6.07) is 0. The Bertz CT molecular complexity index is 394. The molecule has 17 heavy (non-hydrogen) atoms. The van der Waals surface area contributed by atoms with Crippen molar-refractivity contribution >= 4 is 5.91 Å². The minimum Gasteiger partial charge on any atom is -0.365 e. The third-order valence-electron chi connectivity index (χ3n) is 3.25. The monoisotopic (exact) mass is 237 g/mol. The smallest absolute Gasteiger partial charge is 0.251 e. The summed E-state index contributed by atoms with van der Waals surface area (Å²) in [6.45, 7) is 3.14. The Morgan fingerprint density at radius 2 is 2.53 bits per heavy atom. The molecule has 1 aliphatic rings. The Balaban J connectivity index is 1.79. The van der Waals surface area contributed by atoms with Crippen LogP contribution in [0.25, 0.3) is 0 Å². The normalized spacial score (nSPS) is 23.9. The Morgan fingerprint density at radius 3 is 3.12 bits per heavy atom. The summed E-state index contributed by atoms with van der Waals surface area (Å²) in [6.07, 6.45) is 6.17. The fraction of sp³-hybridized carbons (Fsp3) is 0.667. The molecule has 0 radical (unpaired) electrons. The Kier molecular flexibility index (Phi) is 3.47. The van der Waals surface area contributed by atoms with Gasteiger partial charge in [0.2, 0.25) is 0 Å². The van der Waals surface area contributed by atoms with Crippen molar-refractivity contribution < 1.29 is 9.53 Å². The molecule has 2 rings (SSSR count). The maximum Gasteiger partial charge on any atom is 0.251 e. The zero-order valence-corrected chi connectivity index (χ0v) is 10.4. The SMILES string of the molecule is Cn1ccnc1CCNC(=O)[C@@]1(C)CCCO1. The minimum atomic E-state index is -0.623. The van der Waals surface area contributed by atoms with Crippen LogP contribution in [0.3, 0.4) is 0 Å². The van der Waals surface area contributed by atoms with E-state index in [9.17, 15) is 4.79 Å². The van der Waals surface area contributed by atoms with Crippen molar-refractivity contribution in [2.45, 2.75) is 31.8 Å². The highest BCUT2D eigenvalue weighted by atomic mass is 16.5. The average Bonchev–Trinajstić information content (AvgIpc) is 2.89. The van der Waals surface area contributed by atoms with Crippen LogP contribution in [0.2, 0.25) is 0 Å². The number of aryl methyl sites for hydroxylation is 1. The lowest BCUT2D eigenvalue weighted by atomic mass is 10.0.